The third-order valence-corrected chi connectivity index (χ3v) is 2.85. The van der Waals surface area contributed by atoms with E-state index < -0.39 is 11.7 Å². The Morgan fingerprint density at radius 2 is 2.12 bits per heavy atom. The van der Waals surface area contributed by atoms with Crippen molar-refractivity contribution in [1.29, 1.82) is 0 Å². The number of hydrogen-bond donors (Lipinski definition) is 1. The number of thiazole rings is 1. The first-order chi connectivity index (χ1) is 7.50. The van der Waals surface area contributed by atoms with Crippen molar-refractivity contribution < 1.29 is 18.0 Å². The molecule has 0 spiro atoms. The number of hydrogen-bond acceptors (Lipinski definition) is 3. The van der Waals surface area contributed by atoms with Crippen molar-refractivity contribution in [3.05, 3.63) is 23.8 Å². The van der Waals surface area contributed by atoms with Crippen LogP contribution >= 0.6 is 11.3 Å². The maximum atomic E-state index is 12.4. The highest BCUT2D eigenvalue weighted by Crippen LogP contribution is 2.34. The second-order valence-corrected chi connectivity index (χ2v) is 3.99. The Morgan fingerprint density at radius 3 is 2.75 bits per heavy atom. The number of nitrogens with zero attached hydrogens (tertiary/aromatic N) is 1. The summed E-state index contributed by atoms with van der Waals surface area (Å²) in [4.78, 5) is 14.1. The molecular weight excluding hydrogens is 241 g/mol. The predicted octanol–water partition coefficient (Wildman–Crippen LogP) is 2.88. The maximum absolute atomic E-state index is 12.4. The minimum atomic E-state index is -4.36. The van der Waals surface area contributed by atoms with Gasteiger partial charge in [-0.25, -0.2) is 4.98 Å². The largest absolute Gasteiger partial charge is 0.416 e. The zero-order valence-corrected chi connectivity index (χ0v) is 8.52. The summed E-state index contributed by atoms with van der Waals surface area (Å²) in [7, 11) is 0. The molecule has 0 atom stereocenters. The Morgan fingerprint density at radius 1 is 1.38 bits per heavy atom. The molecule has 0 radical (unpaired) electrons. The predicted molar refractivity (Wildman–Crippen MR) is 54.3 cm³/mol. The van der Waals surface area contributed by atoms with Crippen LogP contribution < -0.4 is 5.32 Å². The molecule has 16 heavy (non-hydrogen) atoms. The van der Waals surface area contributed by atoms with Gasteiger partial charge in [-0.05, 0) is 18.2 Å². The molecule has 0 aliphatic rings. The summed E-state index contributed by atoms with van der Waals surface area (Å²) < 4.78 is 37.5. The van der Waals surface area contributed by atoms with E-state index in [0.717, 1.165) is 23.5 Å². The number of amides is 1. The van der Waals surface area contributed by atoms with Crippen molar-refractivity contribution in [2.24, 2.45) is 0 Å². The zero-order valence-electron chi connectivity index (χ0n) is 7.71. The van der Waals surface area contributed by atoms with E-state index in [1.807, 2.05) is 0 Å². The summed E-state index contributed by atoms with van der Waals surface area (Å²) in [6.45, 7) is 0. The summed E-state index contributed by atoms with van der Waals surface area (Å²) in [5, 5.41) is 2.58. The first kappa shape index (κ1) is 10.9. The Balaban J connectivity index is 2.49. The lowest BCUT2D eigenvalue weighted by molar-refractivity contribution is -0.137. The van der Waals surface area contributed by atoms with Gasteiger partial charge in [0.1, 0.15) is 0 Å². The number of carbonyl (C=O) groups excluding carboxylic acids is 1. The number of halogens is 3. The second-order valence-electron chi connectivity index (χ2n) is 2.96. The molecule has 1 aromatic heterocycles. The van der Waals surface area contributed by atoms with Gasteiger partial charge in [-0.1, -0.05) is 11.3 Å². The summed E-state index contributed by atoms with van der Waals surface area (Å²) >= 11 is 0.999. The highest BCUT2D eigenvalue weighted by atomic mass is 32.1. The molecule has 0 bridgehead atoms. The number of aromatic nitrogens is 1. The fourth-order valence-electron chi connectivity index (χ4n) is 1.21. The van der Waals surface area contributed by atoms with Crippen molar-refractivity contribution in [2.75, 3.05) is 5.32 Å². The van der Waals surface area contributed by atoms with Crippen LogP contribution in [-0.2, 0) is 11.0 Å². The molecule has 0 aliphatic heterocycles. The lowest BCUT2D eigenvalue weighted by Gasteiger charge is -2.04. The van der Waals surface area contributed by atoms with Gasteiger partial charge in [-0.3, -0.25) is 4.79 Å². The van der Waals surface area contributed by atoms with Crippen LogP contribution in [-0.4, -0.2) is 11.4 Å². The van der Waals surface area contributed by atoms with Crippen LogP contribution in [0.5, 0.6) is 0 Å². The van der Waals surface area contributed by atoms with Gasteiger partial charge in [0, 0.05) is 0 Å². The molecule has 0 aliphatic carbocycles. The van der Waals surface area contributed by atoms with Gasteiger partial charge in [-0.2, -0.15) is 13.2 Å². The van der Waals surface area contributed by atoms with Crippen LogP contribution in [0, 0.1) is 0 Å². The van der Waals surface area contributed by atoms with Gasteiger partial charge in [0.2, 0.25) is 6.41 Å². The number of benzene rings is 1. The number of alkyl halides is 3. The van der Waals surface area contributed by atoms with Crippen molar-refractivity contribution in [3.8, 4) is 0 Å². The smallest absolute Gasteiger partial charge is 0.305 e. The third kappa shape index (κ3) is 1.99. The molecule has 2 aromatic rings. The molecule has 2 rings (SSSR count). The molecule has 0 unspecified atom stereocenters. The molecule has 0 saturated carbocycles. The molecular formula is C9H5F3N2OS. The lowest BCUT2D eigenvalue weighted by Crippen LogP contribution is -2.03. The van der Waals surface area contributed by atoms with Crippen molar-refractivity contribution >= 4 is 33.1 Å². The van der Waals surface area contributed by atoms with Crippen LogP contribution in [0.1, 0.15) is 5.56 Å². The van der Waals surface area contributed by atoms with E-state index in [4.69, 9.17) is 0 Å². The Hall–Kier alpha value is -1.63. The van der Waals surface area contributed by atoms with Gasteiger partial charge in [-0.15, -0.1) is 0 Å². The van der Waals surface area contributed by atoms with Gasteiger partial charge in [0.05, 0.1) is 15.8 Å². The molecule has 0 fully saturated rings. The van der Waals surface area contributed by atoms with Crippen LogP contribution in [0.4, 0.5) is 18.3 Å². The number of rotatable bonds is 2. The summed E-state index contributed by atoms with van der Waals surface area (Å²) in [6.07, 6.45) is -3.93. The van der Waals surface area contributed by atoms with E-state index >= 15 is 0 Å². The number of fused-ring (bicyclic) bond motifs is 1. The molecule has 1 N–H and O–H groups in total. The first-order valence-corrected chi connectivity index (χ1v) is 5.00. The highest BCUT2D eigenvalue weighted by Gasteiger charge is 2.30. The first-order valence-electron chi connectivity index (χ1n) is 4.18. The zero-order chi connectivity index (χ0) is 11.8. The topological polar surface area (TPSA) is 42.0 Å². The van der Waals surface area contributed by atoms with E-state index in [1.165, 1.54) is 6.07 Å². The molecule has 7 heteroatoms. The molecule has 1 aromatic carbocycles. The van der Waals surface area contributed by atoms with Crippen LogP contribution in [0.15, 0.2) is 18.2 Å². The van der Waals surface area contributed by atoms with Crippen LogP contribution in [0.3, 0.4) is 0 Å². The average Bonchev–Trinajstić information content (AvgIpc) is 2.57. The quantitative estimate of drug-likeness (QED) is 0.828. The van der Waals surface area contributed by atoms with Gasteiger partial charge in [0.15, 0.2) is 5.13 Å². The Kier molecular flexibility index (Phi) is 2.55. The lowest BCUT2D eigenvalue weighted by atomic mass is 10.2. The summed E-state index contributed by atoms with van der Waals surface area (Å²) in [5.41, 5.74) is -0.288. The van der Waals surface area contributed by atoms with Crippen LogP contribution in [0.2, 0.25) is 0 Å². The third-order valence-electron chi connectivity index (χ3n) is 1.90. The minimum Gasteiger partial charge on any atom is -0.305 e. The average molecular weight is 246 g/mol. The summed E-state index contributed by atoms with van der Waals surface area (Å²) in [6, 6.07) is 3.26. The van der Waals surface area contributed by atoms with Crippen molar-refractivity contribution in [1.82, 2.24) is 4.98 Å². The van der Waals surface area contributed by atoms with Gasteiger partial charge < -0.3 is 5.32 Å². The second kappa shape index (κ2) is 3.75. The SMILES string of the molecule is O=CNc1nc2ccc(C(F)(F)F)cc2s1. The molecule has 84 valence electrons. The minimum absolute atomic E-state index is 0.282. The monoisotopic (exact) mass is 246 g/mol. The highest BCUT2D eigenvalue weighted by molar-refractivity contribution is 7.22. The molecule has 0 saturated heterocycles. The number of nitrogens with one attached hydrogen (secondary N) is 1. The standard InChI is InChI=1S/C9H5F3N2OS/c10-9(11,12)5-1-2-6-7(3-5)16-8(14-6)13-4-15/h1-4H,(H,13,14,15). The fourth-order valence-corrected chi connectivity index (χ4v) is 2.08. The van der Waals surface area contributed by atoms with E-state index in [1.54, 1.807) is 0 Å². The maximum Gasteiger partial charge on any atom is 0.416 e. The van der Waals surface area contributed by atoms with Crippen molar-refractivity contribution in [3.63, 3.8) is 0 Å². The van der Waals surface area contributed by atoms with E-state index in [-0.39, 0.29) is 5.13 Å². The number of carbonyl (C=O) groups is 1. The van der Waals surface area contributed by atoms with Crippen molar-refractivity contribution in [2.45, 2.75) is 6.18 Å². The van der Waals surface area contributed by atoms with E-state index in [9.17, 15) is 18.0 Å². The van der Waals surface area contributed by atoms with Gasteiger partial charge >= 0.3 is 6.18 Å². The van der Waals surface area contributed by atoms with Crippen LogP contribution in [0.25, 0.3) is 10.2 Å². The normalized spacial score (nSPS) is 11.7. The Labute approximate surface area is 91.9 Å². The summed E-state index contributed by atoms with van der Waals surface area (Å²) in [5.74, 6) is 0. The van der Waals surface area contributed by atoms with E-state index in [2.05, 4.69) is 10.3 Å². The number of anilines is 1. The van der Waals surface area contributed by atoms with E-state index in [0.29, 0.717) is 16.6 Å². The van der Waals surface area contributed by atoms with Gasteiger partial charge in [0.25, 0.3) is 0 Å². The Bertz CT molecular complexity index is 535. The molecule has 1 heterocycles. The molecule has 3 nitrogen and oxygen atoms in total. The molecule has 1 amide bonds. The fraction of sp³-hybridized carbons (Fsp3) is 0.111.